The Bertz CT molecular complexity index is 414. The first-order valence-corrected chi connectivity index (χ1v) is 6.06. The van der Waals surface area contributed by atoms with Gasteiger partial charge in [0.1, 0.15) is 5.82 Å². The van der Waals surface area contributed by atoms with Crippen molar-refractivity contribution in [2.45, 2.75) is 31.9 Å². The van der Waals surface area contributed by atoms with Gasteiger partial charge in [-0.3, -0.25) is 0 Å². The van der Waals surface area contributed by atoms with Gasteiger partial charge in [0.15, 0.2) is 0 Å². The van der Waals surface area contributed by atoms with Crippen molar-refractivity contribution in [3.63, 3.8) is 0 Å². The third kappa shape index (κ3) is 3.01. The van der Waals surface area contributed by atoms with Gasteiger partial charge in [0.05, 0.1) is 22.5 Å². The normalized spacial score (nSPS) is 24.6. The second kappa shape index (κ2) is 5.10. The molecule has 1 aromatic carbocycles. The third-order valence-corrected chi connectivity index (χ3v) is 3.23. The van der Waals surface area contributed by atoms with Crippen LogP contribution in [0.5, 0.6) is 0 Å². The van der Waals surface area contributed by atoms with Gasteiger partial charge >= 0.3 is 0 Å². The largest absolute Gasteiger partial charge is 0.397 e. The minimum absolute atomic E-state index is 0.0850. The Morgan fingerprint density at radius 3 is 3.00 bits per heavy atom. The van der Waals surface area contributed by atoms with Crippen LogP contribution in [-0.4, -0.2) is 18.8 Å². The molecule has 0 amide bonds. The Balaban J connectivity index is 2.10. The second-order valence-corrected chi connectivity index (χ2v) is 4.81. The molecule has 2 unspecified atom stereocenters. The molecule has 1 fully saturated rings. The first-order chi connectivity index (χ1) is 8.06. The van der Waals surface area contributed by atoms with Crippen LogP contribution >= 0.6 is 11.6 Å². The topological polar surface area (TPSA) is 47.3 Å². The highest BCUT2D eigenvalue weighted by Gasteiger charge is 2.20. The molecule has 94 valence electrons. The van der Waals surface area contributed by atoms with E-state index in [1.54, 1.807) is 0 Å². The molecule has 1 saturated heterocycles. The minimum atomic E-state index is -0.491. The molecule has 3 N–H and O–H groups in total. The van der Waals surface area contributed by atoms with E-state index < -0.39 is 5.82 Å². The lowest BCUT2D eigenvalue weighted by molar-refractivity contribution is 0.0232. The molecule has 2 atom stereocenters. The highest BCUT2D eigenvalue weighted by molar-refractivity contribution is 6.31. The summed E-state index contributed by atoms with van der Waals surface area (Å²) in [5.41, 5.74) is 6.82. The third-order valence-electron chi connectivity index (χ3n) is 2.94. The molecule has 1 aliphatic rings. The highest BCUT2D eigenvalue weighted by Crippen LogP contribution is 2.28. The van der Waals surface area contributed by atoms with Crippen molar-refractivity contribution >= 4 is 23.0 Å². The van der Waals surface area contributed by atoms with Crippen LogP contribution in [0.15, 0.2) is 12.1 Å². The SMILES string of the molecule is CC1CC(Nc2cc(Cl)c(F)cc2N)CCO1. The van der Waals surface area contributed by atoms with E-state index in [2.05, 4.69) is 5.32 Å². The van der Waals surface area contributed by atoms with E-state index in [0.717, 1.165) is 19.4 Å². The summed E-state index contributed by atoms with van der Waals surface area (Å²) >= 11 is 5.74. The number of halogens is 2. The van der Waals surface area contributed by atoms with Crippen molar-refractivity contribution in [1.82, 2.24) is 0 Å². The molecule has 1 aliphatic heterocycles. The van der Waals surface area contributed by atoms with Crippen LogP contribution in [0.4, 0.5) is 15.8 Å². The predicted molar refractivity (Wildman–Crippen MR) is 67.9 cm³/mol. The van der Waals surface area contributed by atoms with E-state index in [4.69, 9.17) is 22.1 Å². The lowest BCUT2D eigenvalue weighted by Gasteiger charge is -2.29. The minimum Gasteiger partial charge on any atom is -0.397 e. The molecule has 0 aromatic heterocycles. The maximum Gasteiger partial charge on any atom is 0.143 e. The van der Waals surface area contributed by atoms with Crippen molar-refractivity contribution in [1.29, 1.82) is 0 Å². The Hall–Kier alpha value is -1.00. The maximum absolute atomic E-state index is 13.1. The molecule has 5 heteroatoms. The highest BCUT2D eigenvalue weighted by atomic mass is 35.5. The molecule has 1 aromatic rings. The number of hydrogen-bond acceptors (Lipinski definition) is 3. The second-order valence-electron chi connectivity index (χ2n) is 4.40. The first-order valence-electron chi connectivity index (χ1n) is 5.69. The van der Waals surface area contributed by atoms with Crippen LogP contribution in [0.3, 0.4) is 0 Å². The zero-order valence-corrected chi connectivity index (χ0v) is 10.4. The number of benzene rings is 1. The standard InChI is InChI=1S/C12H16ClFN2O/c1-7-4-8(2-3-17-7)16-12-5-9(13)10(14)6-11(12)15/h5-8,16H,2-4,15H2,1H3. The summed E-state index contributed by atoms with van der Waals surface area (Å²) in [5, 5.41) is 3.38. The number of hydrogen-bond donors (Lipinski definition) is 2. The fraction of sp³-hybridized carbons (Fsp3) is 0.500. The number of nitrogens with two attached hydrogens (primary N) is 1. The van der Waals surface area contributed by atoms with Crippen LogP contribution in [0.2, 0.25) is 5.02 Å². The van der Waals surface area contributed by atoms with E-state index >= 15 is 0 Å². The fourth-order valence-corrected chi connectivity index (χ4v) is 2.20. The van der Waals surface area contributed by atoms with E-state index in [9.17, 15) is 4.39 Å². The Morgan fingerprint density at radius 1 is 1.53 bits per heavy atom. The van der Waals surface area contributed by atoms with Crippen molar-refractivity contribution in [3.8, 4) is 0 Å². The molecule has 3 nitrogen and oxygen atoms in total. The van der Waals surface area contributed by atoms with Crippen molar-refractivity contribution in [3.05, 3.63) is 23.0 Å². The van der Waals surface area contributed by atoms with Gasteiger partial charge in [-0.05, 0) is 25.8 Å². The van der Waals surface area contributed by atoms with Gasteiger partial charge in [0.2, 0.25) is 0 Å². The summed E-state index contributed by atoms with van der Waals surface area (Å²) in [6, 6.07) is 3.07. The van der Waals surface area contributed by atoms with Gasteiger partial charge in [-0.15, -0.1) is 0 Å². The Kier molecular flexibility index (Phi) is 3.74. The van der Waals surface area contributed by atoms with E-state index in [0.29, 0.717) is 17.4 Å². The van der Waals surface area contributed by atoms with Gasteiger partial charge in [-0.25, -0.2) is 4.39 Å². The van der Waals surface area contributed by atoms with E-state index in [-0.39, 0.29) is 11.1 Å². The maximum atomic E-state index is 13.1. The number of anilines is 2. The molecule has 17 heavy (non-hydrogen) atoms. The van der Waals surface area contributed by atoms with Gasteiger partial charge < -0.3 is 15.8 Å². The molecule has 1 heterocycles. The van der Waals surface area contributed by atoms with Gasteiger partial charge in [-0.2, -0.15) is 0 Å². The van der Waals surface area contributed by atoms with Crippen LogP contribution < -0.4 is 11.1 Å². The molecule has 0 bridgehead atoms. The zero-order valence-electron chi connectivity index (χ0n) is 9.67. The summed E-state index contributed by atoms with van der Waals surface area (Å²) < 4.78 is 18.6. The summed E-state index contributed by atoms with van der Waals surface area (Å²) in [7, 11) is 0. The molecule has 0 aliphatic carbocycles. The summed E-state index contributed by atoms with van der Waals surface area (Å²) in [6.45, 7) is 2.77. The molecular formula is C12H16ClFN2O. The van der Waals surface area contributed by atoms with Crippen LogP contribution in [0.25, 0.3) is 0 Å². The molecule has 0 spiro atoms. The van der Waals surface area contributed by atoms with Crippen molar-refractivity contribution in [2.75, 3.05) is 17.7 Å². The summed E-state index contributed by atoms with van der Waals surface area (Å²) in [5.74, 6) is -0.491. The zero-order chi connectivity index (χ0) is 12.4. The van der Waals surface area contributed by atoms with Crippen LogP contribution in [-0.2, 0) is 4.74 Å². The quantitative estimate of drug-likeness (QED) is 0.802. The number of nitrogen functional groups attached to an aromatic ring is 1. The Morgan fingerprint density at radius 2 is 2.29 bits per heavy atom. The average Bonchev–Trinajstić information content (AvgIpc) is 2.26. The first kappa shape index (κ1) is 12.5. The number of ether oxygens (including phenoxy) is 1. The van der Waals surface area contributed by atoms with Crippen LogP contribution in [0.1, 0.15) is 19.8 Å². The monoisotopic (exact) mass is 258 g/mol. The molecule has 2 rings (SSSR count). The predicted octanol–water partition coefficient (Wildman–Crippen LogP) is 3.04. The van der Waals surface area contributed by atoms with E-state index in [1.807, 2.05) is 6.92 Å². The van der Waals surface area contributed by atoms with Gasteiger partial charge in [-0.1, -0.05) is 11.6 Å². The Labute approximate surface area is 105 Å². The summed E-state index contributed by atoms with van der Waals surface area (Å²) in [6.07, 6.45) is 2.06. The van der Waals surface area contributed by atoms with Gasteiger partial charge in [0.25, 0.3) is 0 Å². The van der Waals surface area contributed by atoms with E-state index in [1.165, 1.54) is 12.1 Å². The molecular weight excluding hydrogens is 243 g/mol. The fourth-order valence-electron chi connectivity index (χ4n) is 2.04. The number of nitrogens with one attached hydrogen (secondary N) is 1. The average molecular weight is 259 g/mol. The molecule has 0 saturated carbocycles. The molecule has 0 radical (unpaired) electrons. The van der Waals surface area contributed by atoms with Crippen molar-refractivity contribution in [2.24, 2.45) is 0 Å². The summed E-state index contributed by atoms with van der Waals surface area (Å²) in [4.78, 5) is 0. The van der Waals surface area contributed by atoms with Crippen molar-refractivity contribution < 1.29 is 9.13 Å². The lowest BCUT2D eigenvalue weighted by atomic mass is 10.0. The number of rotatable bonds is 2. The smallest absolute Gasteiger partial charge is 0.143 e. The van der Waals surface area contributed by atoms with Crippen LogP contribution in [0, 0.1) is 5.82 Å². The van der Waals surface area contributed by atoms with Gasteiger partial charge in [0, 0.05) is 18.7 Å². The lowest BCUT2D eigenvalue weighted by Crippen LogP contribution is -2.32.